The van der Waals surface area contributed by atoms with Gasteiger partial charge in [0.25, 0.3) is 0 Å². The molecule has 0 rings (SSSR count). The summed E-state index contributed by atoms with van der Waals surface area (Å²) in [5.74, 6) is 2.32. The first-order chi connectivity index (χ1) is 16.6. The number of hydrogen-bond acceptors (Lipinski definition) is 5. The minimum absolute atomic E-state index is 0.0139. The largest absolute Gasteiger partial charge is 0.617 e. The van der Waals surface area contributed by atoms with Crippen LogP contribution in [0.25, 0.3) is 0 Å². The van der Waals surface area contributed by atoms with E-state index in [0.717, 1.165) is 11.5 Å². The molecule has 3 atom stereocenters. The van der Waals surface area contributed by atoms with Gasteiger partial charge in [-0.15, -0.1) is 0 Å². The standard InChI is InChI=1S/C26H56NO5PS2/c1-6-7-8-9-10-11-12-13-14-15-16-17-18-19-22-34-24-26(25-35(5)30)23-32-33(28,29)31-21-20-27(2,3)4/h26H,6-25H2,1-5H3/p+1. The molecule has 0 aliphatic heterocycles. The van der Waals surface area contributed by atoms with Crippen LogP contribution in [0.15, 0.2) is 0 Å². The summed E-state index contributed by atoms with van der Waals surface area (Å²) in [5, 5.41) is 0. The minimum Gasteiger partial charge on any atom is -0.617 e. The van der Waals surface area contributed by atoms with Gasteiger partial charge in [-0.2, -0.15) is 11.8 Å². The van der Waals surface area contributed by atoms with Crippen LogP contribution in [0.5, 0.6) is 0 Å². The lowest BCUT2D eigenvalue weighted by Crippen LogP contribution is -2.37. The van der Waals surface area contributed by atoms with Crippen LogP contribution < -0.4 is 0 Å². The molecular weight excluding hydrogens is 501 g/mol. The van der Waals surface area contributed by atoms with Gasteiger partial charge < -0.3 is 13.9 Å². The summed E-state index contributed by atoms with van der Waals surface area (Å²) in [6.07, 6.45) is 20.7. The lowest BCUT2D eigenvalue weighted by Gasteiger charge is -2.24. The summed E-state index contributed by atoms with van der Waals surface area (Å²) in [5.41, 5.74) is 0. The quantitative estimate of drug-likeness (QED) is 0.0531. The van der Waals surface area contributed by atoms with Gasteiger partial charge in [-0.25, -0.2) is 4.57 Å². The Morgan fingerprint density at radius 1 is 0.886 bits per heavy atom. The molecule has 0 spiro atoms. The number of quaternary nitrogens is 1. The number of rotatable bonds is 26. The van der Waals surface area contributed by atoms with E-state index in [9.17, 15) is 14.0 Å². The van der Waals surface area contributed by atoms with E-state index in [1.165, 1.54) is 89.9 Å². The molecule has 3 unspecified atom stereocenters. The van der Waals surface area contributed by atoms with Crippen LogP contribution in [0, 0.1) is 5.92 Å². The van der Waals surface area contributed by atoms with Gasteiger partial charge in [-0.05, 0) is 12.2 Å². The maximum atomic E-state index is 12.1. The van der Waals surface area contributed by atoms with E-state index < -0.39 is 19.0 Å². The molecule has 0 aromatic rings. The molecule has 0 radical (unpaired) electrons. The Balaban J connectivity index is 3.76. The van der Waals surface area contributed by atoms with E-state index >= 15 is 0 Å². The van der Waals surface area contributed by atoms with Gasteiger partial charge in [0.05, 0.1) is 34.0 Å². The summed E-state index contributed by atoms with van der Waals surface area (Å²) >= 11 is 0.863. The molecule has 35 heavy (non-hydrogen) atoms. The summed E-state index contributed by atoms with van der Waals surface area (Å²) in [6, 6.07) is 0. The Morgan fingerprint density at radius 3 is 1.83 bits per heavy atom. The normalized spacial score (nSPS) is 15.7. The van der Waals surface area contributed by atoms with Crippen molar-refractivity contribution in [3.63, 3.8) is 0 Å². The molecular formula is C26H57NO5PS2+. The van der Waals surface area contributed by atoms with Gasteiger partial charge in [0.15, 0.2) is 0 Å². The maximum Gasteiger partial charge on any atom is 0.472 e. The molecule has 0 aliphatic rings. The van der Waals surface area contributed by atoms with Crippen LogP contribution in [0.1, 0.15) is 96.8 Å². The van der Waals surface area contributed by atoms with Crippen molar-refractivity contribution in [3.05, 3.63) is 0 Å². The van der Waals surface area contributed by atoms with Crippen molar-refractivity contribution in [3.8, 4) is 0 Å². The van der Waals surface area contributed by atoms with Crippen LogP contribution in [-0.4, -0.2) is 78.3 Å². The molecule has 0 amide bonds. The van der Waals surface area contributed by atoms with Crippen LogP contribution in [0.2, 0.25) is 0 Å². The van der Waals surface area contributed by atoms with Crippen molar-refractivity contribution in [2.24, 2.45) is 5.92 Å². The van der Waals surface area contributed by atoms with E-state index in [1.54, 1.807) is 6.26 Å². The fraction of sp³-hybridized carbons (Fsp3) is 1.00. The number of thioether (sulfide) groups is 1. The molecule has 0 aromatic carbocycles. The molecule has 0 saturated heterocycles. The second-order valence-electron chi connectivity index (χ2n) is 10.9. The average Bonchev–Trinajstić information content (AvgIpc) is 2.75. The van der Waals surface area contributed by atoms with Gasteiger partial charge in [0.2, 0.25) is 0 Å². The maximum absolute atomic E-state index is 12.1. The van der Waals surface area contributed by atoms with Gasteiger partial charge in [-0.1, -0.05) is 102 Å². The zero-order chi connectivity index (χ0) is 26.4. The Hall–Kier alpha value is 0.730. The summed E-state index contributed by atoms with van der Waals surface area (Å²) in [4.78, 5) is 9.93. The molecule has 0 bridgehead atoms. The molecule has 212 valence electrons. The van der Waals surface area contributed by atoms with Crippen molar-refractivity contribution in [1.82, 2.24) is 0 Å². The third-order valence-electron chi connectivity index (χ3n) is 5.96. The number of phosphoric ester groups is 1. The first kappa shape index (κ1) is 35.7. The zero-order valence-electron chi connectivity index (χ0n) is 23.5. The molecule has 0 heterocycles. The Morgan fingerprint density at radius 2 is 1.37 bits per heavy atom. The predicted octanol–water partition coefficient (Wildman–Crippen LogP) is 7.04. The van der Waals surface area contributed by atoms with Crippen molar-refractivity contribution in [2.45, 2.75) is 96.8 Å². The van der Waals surface area contributed by atoms with E-state index in [0.29, 0.717) is 16.8 Å². The third kappa shape index (κ3) is 27.6. The molecule has 9 heteroatoms. The van der Waals surface area contributed by atoms with Crippen molar-refractivity contribution in [2.75, 3.05) is 64.4 Å². The molecule has 6 nitrogen and oxygen atoms in total. The smallest absolute Gasteiger partial charge is 0.472 e. The SMILES string of the molecule is CCCCCCCCCCCCCCCCSCC(COP(=O)(O)OCC[N+](C)(C)C)C[S+](C)[O-]. The second-order valence-corrected chi connectivity index (χ2v) is 15.0. The van der Waals surface area contributed by atoms with Gasteiger partial charge >= 0.3 is 7.82 Å². The fourth-order valence-corrected chi connectivity index (χ4v) is 6.73. The van der Waals surface area contributed by atoms with Crippen molar-refractivity contribution >= 4 is 30.8 Å². The van der Waals surface area contributed by atoms with Crippen LogP contribution >= 0.6 is 19.6 Å². The average molecular weight is 559 g/mol. The highest BCUT2D eigenvalue weighted by Gasteiger charge is 2.26. The van der Waals surface area contributed by atoms with E-state index in [1.807, 2.05) is 32.9 Å². The number of nitrogens with zero attached hydrogens (tertiary/aromatic N) is 1. The third-order valence-corrected chi connectivity index (χ3v) is 9.17. The molecule has 0 aromatic heterocycles. The highest BCUT2D eigenvalue weighted by atomic mass is 32.2. The van der Waals surface area contributed by atoms with E-state index in [4.69, 9.17) is 9.05 Å². The van der Waals surface area contributed by atoms with Crippen molar-refractivity contribution < 1.29 is 27.5 Å². The fourth-order valence-electron chi connectivity index (χ4n) is 3.79. The second kappa shape index (κ2) is 22.7. The Labute approximate surface area is 225 Å². The molecule has 1 N–H and O–H groups in total. The lowest BCUT2D eigenvalue weighted by atomic mass is 10.0. The highest BCUT2D eigenvalue weighted by Crippen LogP contribution is 2.43. The summed E-state index contributed by atoms with van der Waals surface area (Å²) in [7, 11) is 1.91. The predicted molar refractivity (Wildman–Crippen MR) is 155 cm³/mol. The topological polar surface area (TPSA) is 78.8 Å². The van der Waals surface area contributed by atoms with Crippen LogP contribution in [-0.2, 0) is 24.8 Å². The van der Waals surface area contributed by atoms with Gasteiger partial charge in [-0.3, -0.25) is 9.05 Å². The monoisotopic (exact) mass is 558 g/mol. The van der Waals surface area contributed by atoms with Gasteiger partial charge in [0.1, 0.15) is 18.9 Å². The van der Waals surface area contributed by atoms with Gasteiger partial charge in [0, 0.05) is 11.7 Å². The van der Waals surface area contributed by atoms with E-state index in [2.05, 4.69) is 6.92 Å². The number of likely N-dealkylation sites (N-methyl/N-ethyl adjacent to an activating group) is 1. The zero-order valence-corrected chi connectivity index (χ0v) is 26.0. The summed E-state index contributed by atoms with van der Waals surface area (Å²) in [6.45, 7) is 3.15. The first-order valence-corrected chi connectivity index (χ1v) is 18.2. The molecule has 0 aliphatic carbocycles. The first-order valence-electron chi connectivity index (χ1n) is 13.9. The number of phosphoric acid groups is 1. The van der Waals surface area contributed by atoms with Crippen molar-refractivity contribution in [1.29, 1.82) is 0 Å². The number of hydrogen-bond donors (Lipinski definition) is 1. The Bertz CT molecular complexity index is 520. The Kier molecular flexibility index (Phi) is 23.2. The summed E-state index contributed by atoms with van der Waals surface area (Å²) < 4.78 is 34.8. The highest BCUT2D eigenvalue weighted by molar-refractivity contribution is 7.99. The van der Waals surface area contributed by atoms with E-state index in [-0.39, 0.29) is 19.1 Å². The number of unbranched alkanes of at least 4 members (excludes halogenated alkanes) is 13. The lowest BCUT2D eigenvalue weighted by molar-refractivity contribution is -0.870. The van der Waals surface area contributed by atoms with Crippen LogP contribution in [0.4, 0.5) is 0 Å². The minimum atomic E-state index is -4.07. The molecule has 0 fully saturated rings. The molecule has 0 saturated carbocycles. The van der Waals surface area contributed by atoms with Crippen LogP contribution in [0.3, 0.4) is 0 Å².